The number of amides is 1. The van der Waals surface area contributed by atoms with E-state index in [1.807, 2.05) is 4.72 Å². The zero-order chi connectivity index (χ0) is 22.4. The van der Waals surface area contributed by atoms with E-state index in [1.165, 1.54) is 12.1 Å². The molecule has 0 aliphatic carbocycles. The van der Waals surface area contributed by atoms with Crippen LogP contribution in [0, 0.1) is 0 Å². The fourth-order valence-electron chi connectivity index (χ4n) is 3.63. The number of halogens is 3. The van der Waals surface area contributed by atoms with Crippen LogP contribution in [0.4, 0.5) is 13.2 Å². The van der Waals surface area contributed by atoms with Gasteiger partial charge in [-0.15, -0.1) is 0 Å². The molecule has 1 heterocycles. The molecule has 6 nitrogen and oxygen atoms in total. The highest BCUT2D eigenvalue weighted by atomic mass is 32.2. The molecule has 3 aromatic rings. The number of alkyl halides is 3. The number of sulfonamides is 1. The monoisotopic (exact) mass is 451 g/mol. The lowest BCUT2D eigenvalue weighted by atomic mass is 9.96. The van der Waals surface area contributed by atoms with Crippen molar-refractivity contribution in [3.05, 3.63) is 65.7 Å². The van der Waals surface area contributed by atoms with E-state index in [1.54, 1.807) is 30.3 Å². The average Bonchev–Trinajstić information content (AvgIpc) is 3.16. The Morgan fingerprint density at radius 1 is 1.10 bits per heavy atom. The SMILES string of the molecule is COc1c(C(F)(F)F)ccc2c1C(C(=O)NS(=O)(=O)c1cccc3ccccc13)CO2. The maximum atomic E-state index is 13.4. The molecule has 0 bridgehead atoms. The van der Waals surface area contributed by atoms with Gasteiger partial charge in [-0.05, 0) is 23.6 Å². The van der Waals surface area contributed by atoms with E-state index >= 15 is 0 Å². The van der Waals surface area contributed by atoms with Crippen LogP contribution in [-0.4, -0.2) is 28.0 Å². The van der Waals surface area contributed by atoms with Crippen molar-refractivity contribution in [3.8, 4) is 11.5 Å². The third kappa shape index (κ3) is 3.67. The predicted octanol–water partition coefficient (Wildman–Crippen LogP) is 3.85. The molecule has 10 heteroatoms. The lowest BCUT2D eigenvalue weighted by Gasteiger charge is -2.17. The second-order valence-corrected chi connectivity index (χ2v) is 8.52. The summed E-state index contributed by atoms with van der Waals surface area (Å²) in [6.07, 6.45) is -4.72. The summed E-state index contributed by atoms with van der Waals surface area (Å²) in [6, 6.07) is 13.2. The van der Waals surface area contributed by atoms with E-state index in [0.29, 0.717) is 10.8 Å². The lowest BCUT2D eigenvalue weighted by Crippen LogP contribution is -2.35. The van der Waals surface area contributed by atoms with Crippen molar-refractivity contribution in [2.24, 2.45) is 0 Å². The molecule has 0 spiro atoms. The zero-order valence-corrected chi connectivity index (χ0v) is 16.9. The molecule has 0 fully saturated rings. The van der Waals surface area contributed by atoms with E-state index in [0.717, 1.165) is 19.2 Å². The molecule has 1 aliphatic rings. The Morgan fingerprint density at radius 2 is 1.81 bits per heavy atom. The van der Waals surface area contributed by atoms with Crippen LogP contribution in [0.5, 0.6) is 11.5 Å². The number of rotatable bonds is 4. The molecule has 0 radical (unpaired) electrons. The van der Waals surface area contributed by atoms with Crippen LogP contribution in [0.2, 0.25) is 0 Å². The number of methoxy groups -OCH3 is 1. The van der Waals surface area contributed by atoms with E-state index in [9.17, 15) is 26.4 Å². The normalized spacial score (nSPS) is 15.9. The van der Waals surface area contributed by atoms with Gasteiger partial charge in [0, 0.05) is 5.39 Å². The van der Waals surface area contributed by atoms with Gasteiger partial charge in [0.05, 0.1) is 23.1 Å². The predicted molar refractivity (Wildman–Crippen MR) is 106 cm³/mol. The number of carbonyl (C=O) groups is 1. The van der Waals surface area contributed by atoms with Gasteiger partial charge >= 0.3 is 6.18 Å². The topological polar surface area (TPSA) is 81.7 Å². The summed E-state index contributed by atoms with van der Waals surface area (Å²) in [5.74, 6) is -2.83. The first kappa shape index (κ1) is 21.0. The van der Waals surface area contributed by atoms with Crippen molar-refractivity contribution < 1.29 is 35.9 Å². The Morgan fingerprint density at radius 3 is 2.52 bits per heavy atom. The molecule has 4 rings (SSSR count). The summed E-state index contributed by atoms with van der Waals surface area (Å²) in [7, 11) is -3.26. The summed E-state index contributed by atoms with van der Waals surface area (Å²) in [5.41, 5.74) is -1.21. The molecule has 0 saturated carbocycles. The van der Waals surface area contributed by atoms with Crippen LogP contribution in [0.1, 0.15) is 17.0 Å². The lowest BCUT2D eigenvalue weighted by molar-refractivity contribution is -0.139. The molecular weight excluding hydrogens is 435 g/mol. The average molecular weight is 451 g/mol. The Hall–Kier alpha value is -3.27. The Balaban J connectivity index is 1.71. The minimum atomic E-state index is -4.72. The maximum absolute atomic E-state index is 13.4. The number of carbonyl (C=O) groups excluding carboxylic acids is 1. The van der Waals surface area contributed by atoms with E-state index in [4.69, 9.17) is 9.47 Å². The van der Waals surface area contributed by atoms with E-state index in [2.05, 4.69) is 0 Å². The van der Waals surface area contributed by atoms with Gasteiger partial charge in [0.1, 0.15) is 24.0 Å². The zero-order valence-electron chi connectivity index (χ0n) is 16.1. The highest BCUT2D eigenvalue weighted by molar-refractivity contribution is 7.90. The first-order valence-electron chi connectivity index (χ1n) is 9.09. The van der Waals surface area contributed by atoms with Gasteiger partial charge in [-0.2, -0.15) is 13.2 Å². The van der Waals surface area contributed by atoms with Crippen LogP contribution in [0.3, 0.4) is 0 Å². The minimum absolute atomic E-state index is 0.0348. The van der Waals surface area contributed by atoms with Gasteiger partial charge in [0.15, 0.2) is 0 Å². The molecule has 162 valence electrons. The summed E-state index contributed by atoms with van der Waals surface area (Å²) in [5, 5.41) is 1.06. The maximum Gasteiger partial charge on any atom is 0.419 e. The van der Waals surface area contributed by atoms with Gasteiger partial charge in [-0.3, -0.25) is 4.79 Å². The molecule has 3 aromatic carbocycles. The number of nitrogens with one attached hydrogen (secondary N) is 1. The van der Waals surface area contributed by atoms with Crippen molar-refractivity contribution in [1.82, 2.24) is 4.72 Å². The molecule has 1 N–H and O–H groups in total. The van der Waals surface area contributed by atoms with Crippen LogP contribution >= 0.6 is 0 Å². The Labute approximate surface area is 175 Å². The fraction of sp³-hybridized carbons (Fsp3) is 0.190. The van der Waals surface area contributed by atoms with E-state index in [-0.39, 0.29) is 22.8 Å². The third-order valence-corrected chi connectivity index (χ3v) is 6.42. The Bertz CT molecular complexity index is 1280. The van der Waals surface area contributed by atoms with E-state index < -0.39 is 39.3 Å². The third-order valence-electron chi connectivity index (χ3n) is 5.01. The summed E-state index contributed by atoms with van der Waals surface area (Å²) in [6.45, 7) is -0.316. The highest BCUT2D eigenvalue weighted by Crippen LogP contribution is 2.47. The number of ether oxygens (including phenoxy) is 2. The number of hydrogen-bond acceptors (Lipinski definition) is 5. The first-order valence-corrected chi connectivity index (χ1v) is 10.6. The van der Waals surface area contributed by atoms with Crippen LogP contribution < -0.4 is 14.2 Å². The smallest absolute Gasteiger partial charge is 0.419 e. The molecule has 0 saturated heterocycles. The molecule has 1 aliphatic heterocycles. The van der Waals surface area contributed by atoms with Crippen molar-refractivity contribution >= 4 is 26.7 Å². The van der Waals surface area contributed by atoms with Crippen LogP contribution in [-0.2, 0) is 21.0 Å². The van der Waals surface area contributed by atoms with Crippen molar-refractivity contribution in [2.45, 2.75) is 17.0 Å². The quantitative estimate of drug-likeness (QED) is 0.652. The number of hydrogen-bond donors (Lipinski definition) is 1. The largest absolute Gasteiger partial charge is 0.496 e. The second kappa shape index (κ2) is 7.45. The van der Waals surface area contributed by atoms with Gasteiger partial charge in [-0.25, -0.2) is 13.1 Å². The van der Waals surface area contributed by atoms with Crippen LogP contribution in [0.15, 0.2) is 59.5 Å². The fourth-order valence-corrected chi connectivity index (χ4v) is 4.88. The molecule has 31 heavy (non-hydrogen) atoms. The van der Waals surface area contributed by atoms with Crippen molar-refractivity contribution in [3.63, 3.8) is 0 Å². The summed E-state index contributed by atoms with van der Waals surface area (Å²) < 4.78 is 78.2. The molecule has 1 unspecified atom stereocenters. The summed E-state index contributed by atoms with van der Waals surface area (Å²) in [4.78, 5) is 12.7. The molecule has 1 atom stereocenters. The van der Waals surface area contributed by atoms with Gasteiger partial charge in [0.25, 0.3) is 10.0 Å². The number of benzene rings is 3. The van der Waals surface area contributed by atoms with Gasteiger partial charge in [-0.1, -0.05) is 36.4 Å². The van der Waals surface area contributed by atoms with Gasteiger partial charge < -0.3 is 9.47 Å². The first-order chi connectivity index (χ1) is 14.6. The van der Waals surface area contributed by atoms with Crippen LogP contribution in [0.25, 0.3) is 10.8 Å². The molecular formula is C21H16F3NO5S. The number of fused-ring (bicyclic) bond motifs is 2. The van der Waals surface area contributed by atoms with Gasteiger partial charge in [0.2, 0.25) is 5.91 Å². The standard InChI is InChI=1S/C21H16F3NO5S/c1-29-19-15(21(22,23)24)9-10-16-18(19)14(11-30-16)20(26)25-31(27,28)17-8-4-6-12-5-2-3-7-13(12)17/h2-10,14H,11H2,1H3,(H,25,26). The highest BCUT2D eigenvalue weighted by Gasteiger charge is 2.42. The second-order valence-electron chi connectivity index (χ2n) is 6.87. The molecule has 0 aromatic heterocycles. The molecule has 1 amide bonds. The van der Waals surface area contributed by atoms with Crippen molar-refractivity contribution in [1.29, 1.82) is 0 Å². The Kier molecular flexibility index (Phi) is 5.04. The summed E-state index contributed by atoms with van der Waals surface area (Å²) >= 11 is 0. The van der Waals surface area contributed by atoms with Crippen molar-refractivity contribution in [2.75, 3.05) is 13.7 Å². The minimum Gasteiger partial charge on any atom is -0.496 e.